The second kappa shape index (κ2) is 13.3. The fraction of sp³-hybridized carbons (Fsp3) is 0.366. The van der Waals surface area contributed by atoms with E-state index in [1.165, 1.54) is 59.6 Å². The van der Waals surface area contributed by atoms with Crippen LogP contribution in [0, 0.1) is 6.07 Å². The van der Waals surface area contributed by atoms with Gasteiger partial charge in [-0.2, -0.15) is 5.70 Å². The third-order valence-electron chi connectivity index (χ3n) is 9.24. The molecule has 0 N–H and O–H groups in total. The summed E-state index contributed by atoms with van der Waals surface area (Å²) in [6.45, 7) is 14.9. The first-order valence-electron chi connectivity index (χ1n) is 16.3. The molecule has 241 valence electrons. The number of carbonyl (C=O) groups is 1. The van der Waals surface area contributed by atoms with E-state index in [2.05, 4.69) is 101 Å². The maximum atomic E-state index is 10.8. The smallest absolute Gasteiger partial charge is 0.151 e. The normalized spacial score (nSPS) is 15.8. The van der Waals surface area contributed by atoms with E-state index in [4.69, 9.17) is 9.40 Å². The summed E-state index contributed by atoms with van der Waals surface area (Å²) < 4.78 is 6.38. The average molecular weight is 789 g/mol. The molecule has 2 aromatic heterocycles. The van der Waals surface area contributed by atoms with Crippen LogP contribution in [0.3, 0.4) is 0 Å². The standard InChI is InChI=1S/C30H26NO.C11H19NO.Ir/c1-29(2,3)22-17-24(31-23-15-8-6-11-18(22)23)19-13-10-14-21-26(19)30(4,5)27-20-12-7-9-16-25(20)32-28(21)27;1-9(8-10(2)13)12-11-6-4-3-5-7-11;/h6-12,14-17H,1-5H3;8,11H,3-7H2,1-2H3,(H,12,13);/q-1;;/p-1. The fourth-order valence-corrected chi connectivity index (χ4v) is 7.27. The molecular weight excluding hydrogens is 745 g/mol. The van der Waals surface area contributed by atoms with Crippen molar-refractivity contribution in [2.75, 3.05) is 0 Å². The molecule has 0 bridgehead atoms. The Bertz CT molecular complexity index is 1920. The van der Waals surface area contributed by atoms with Crippen molar-refractivity contribution in [1.29, 1.82) is 0 Å². The summed E-state index contributed by atoms with van der Waals surface area (Å²) in [7, 11) is 0. The molecule has 2 aliphatic rings. The van der Waals surface area contributed by atoms with Crippen LogP contribution in [-0.4, -0.2) is 16.8 Å². The number of ketones is 1. The number of para-hydroxylation sites is 2. The molecule has 0 aliphatic heterocycles. The van der Waals surface area contributed by atoms with Gasteiger partial charge in [-0.05, 0) is 47.2 Å². The molecule has 7 rings (SSSR count). The molecule has 1 fully saturated rings. The number of allylic oxidation sites excluding steroid dienone is 2. The van der Waals surface area contributed by atoms with Gasteiger partial charge in [-0.25, -0.2) is 0 Å². The summed E-state index contributed by atoms with van der Waals surface area (Å²) in [5.41, 5.74) is 9.69. The maximum Gasteiger partial charge on any atom is 0.151 e. The van der Waals surface area contributed by atoms with Crippen LogP contribution in [0.5, 0.6) is 0 Å². The van der Waals surface area contributed by atoms with Crippen LogP contribution in [0.4, 0.5) is 0 Å². The quantitative estimate of drug-likeness (QED) is 0.135. The zero-order chi connectivity index (χ0) is 31.9. The topological polar surface area (TPSA) is 57.2 Å². The zero-order valence-electron chi connectivity index (χ0n) is 28.1. The minimum atomic E-state index is -0.209. The Labute approximate surface area is 287 Å². The Morgan fingerprint density at radius 2 is 1.63 bits per heavy atom. The molecule has 1 saturated carbocycles. The molecule has 5 aromatic rings. The van der Waals surface area contributed by atoms with Crippen LogP contribution < -0.4 is 0 Å². The van der Waals surface area contributed by atoms with Crippen LogP contribution >= 0.6 is 0 Å². The number of furan rings is 1. The average Bonchev–Trinajstić information content (AvgIpc) is 3.50. The molecule has 4 nitrogen and oxygen atoms in total. The summed E-state index contributed by atoms with van der Waals surface area (Å²) in [5, 5.41) is 6.92. The van der Waals surface area contributed by atoms with Crippen LogP contribution in [0.15, 0.2) is 82.9 Å². The molecule has 2 heterocycles. The van der Waals surface area contributed by atoms with E-state index >= 15 is 0 Å². The van der Waals surface area contributed by atoms with Gasteiger partial charge in [0.15, 0.2) is 5.78 Å². The van der Waals surface area contributed by atoms with Gasteiger partial charge in [-0.15, -0.1) is 35.4 Å². The second-order valence-corrected chi connectivity index (χ2v) is 14.2. The van der Waals surface area contributed by atoms with Gasteiger partial charge in [-0.1, -0.05) is 122 Å². The molecule has 0 saturated heterocycles. The minimum absolute atomic E-state index is 0. The number of carbonyl (C=O) groups excluding carboxylic acids is 1. The maximum absolute atomic E-state index is 10.8. The number of nitrogens with zero attached hydrogens (tertiary/aromatic N) is 2. The number of pyridine rings is 1. The summed E-state index contributed by atoms with van der Waals surface area (Å²) in [6.07, 6.45) is 7.95. The molecule has 0 unspecified atom stereocenters. The summed E-state index contributed by atoms with van der Waals surface area (Å²) in [4.78, 5) is 15.9. The van der Waals surface area contributed by atoms with Crippen molar-refractivity contribution in [2.45, 2.75) is 97.4 Å². The first-order chi connectivity index (χ1) is 21.4. The SMILES string of the molecule is CC(=O)/C=C(/C)[N-]C1CCCCC1.CC(C)(C)c1cc(-c2[c-]ccc3c2C(C)(C)c2c-3oc3ccccc23)nc2ccccc12.[Ir]. The molecule has 5 heteroatoms. The molecule has 0 amide bonds. The Morgan fingerprint density at radius 1 is 0.957 bits per heavy atom. The van der Waals surface area contributed by atoms with Crippen molar-refractivity contribution in [3.63, 3.8) is 0 Å². The summed E-state index contributed by atoms with van der Waals surface area (Å²) in [6, 6.07) is 27.2. The number of hydrogen-bond donors (Lipinski definition) is 0. The van der Waals surface area contributed by atoms with E-state index in [0.29, 0.717) is 6.04 Å². The van der Waals surface area contributed by atoms with Crippen molar-refractivity contribution in [1.82, 2.24) is 4.98 Å². The minimum Gasteiger partial charge on any atom is -0.685 e. The Morgan fingerprint density at radius 3 is 2.33 bits per heavy atom. The fourth-order valence-electron chi connectivity index (χ4n) is 7.27. The Kier molecular flexibility index (Phi) is 9.78. The summed E-state index contributed by atoms with van der Waals surface area (Å²) >= 11 is 0. The third-order valence-corrected chi connectivity index (χ3v) is 9.24. The van der Waals surface area contributed by atoms with Crippen molar-refractivity contribution in [3.8, 4) is 22.6 Å². The van der Waals surface area contributed by atoms with Crippen molar-refractivity contribution < 1.29 is 29.3 Å². The Balaban J connectivity index is 0.000000253. The van der Waals surface area contributed by atoms with Gasteiger partial charge in [0, 0.05) is 36.4 Å². The number of fused-ring (bicyclic) bond motifs is 6. The van der Waals surface area contributed by atoms with Crippen molar-refractivity contribution >= 4 is 27.7 Å². The Hall–Kier alpha value is -3.53. The monoisotopic (exact) mass is 789 g/mol. The molecule has 3 aromatic carbocycles. The van der Waals surface area contributed by atoms with Gasteiger partial charge in [0.05, 0.1) is 5.52 Å². The largest absolute Gasteiger partial charge is 0.685 e. The number of rotatable bonds is 4. The van der Waals surface area contributed by atoms with E-state index in [-0.39, 0.29) is 36.7 Å². The number of hydrogen-bond acceptors (Lipinski definition) is 3. The van der Waals surface area contributed by atoms with Gasteiger partial charge >= 0.3 is 0 Å². The van der Waals surface area contributed by atoms with Crippen LogP contribution in [0.1, 0.15) is 97.3 Å². The molecule has 46 heavy (non-hydrogen) atoms. The van der Waals surface area contributed by atoms with Gasteiger partial charge in [0.2, 0.25) is 0 Å². The van der Waals surface area contributed by atoms with E-state index in [1.54, 1.807) is 13.0 Å². The summed E-state index contributed by atoms with van der Waals surface area (Å²) in [5.74, 6) is 1.08. The first kappa shape index (κ1) is 33.8. The molecular formula is C41H44IrN2O2-2. The van der Waals surface area contributed by atoms with E-state index in [0.717, 1.165) is 39.4 Å². The van der Waals surface area contributed by atoms with E-state index < -0.39 is 0 Å². The van der Waals surface area contributed by atoms with Crippen LogP contribution in [0.25, 0.3) is 49.8 Å². The van der Waals surface area contributed by atoms with Crippen LogP contribution in [-0.2, 0) is 35.7 Å². The predicted octanol–water partition coefficient (Wildman–Crippen LogP) is 11.2. The van der Waals surface area contributed by atoms with E-state index in [1.807, 2.05) is 19.1 Å². The first-order valence-corrected chi connectivity index (χ1v) is 16.3. The van der Waals surface area contributed by atoms with Crippen LogP contribution in [0.2, 0.25) is 0 Å². The number of benzene rings is 3. The number of aromatic nitrogens is 1. The zero-order valence-corrected chi connectivity index (χ0v) is 30.5. The molecule has 0 atom stereocenters. The van der Waals surface area contributed by atoms with Gasteiger partial charge < -0.3 is 9.73 Å². The molecule has 1 radical (unpaired) electrons. The predicted molar refractivity (Wildman–Crippen MR) is 187 cm³/mol. The van der Waals surface area contributed by atoms with Crippen molar-refractivity contribution in [3.05, 3.63) is 107 Å². The van der Waals surface area contributed by atoms with Gasteiger partial charge in [0.25, 0.3) is 0 Å². The molecule has 0 spiro atoms. The van der Waals surface area contributed by atoms with Gasteiger partial charge in [0.1, 0.15) is 11.3 Å². The van der Waals surface area contributed by atoms with Crippen molar-refractivity contribution in [2.24, 2.45) is 0 Å². The third kappa shape index (κ3) is 6.50. The van der Waals surface area contributed by atoms with E-state index in [9.17, 15) is 4.79 Å². The molecule has 2 aliphatic carbocycles. The second-order valence-electron chi connectivity index (χ2n) is 14.2. The van der Waals surface area contributed by atoms with Gasteiger partial charge in [-0.3, -0.25) is 9.78 Å².